The predicted octanol–water partition coefficient (Wildman–Crippen LogP) is 3.39. The van der Waals surface area contributed by atoms with Crippen molar-refractivity contribution in [3.63, 3.8) is 0 Å². The second-order valence-electron chi connectivity index (χ2n) is 6.06. The van der Waals surface area contributed by atoms with Crippen molar-refractivity contribution in [2.75, 3.05) is 19.5 Å². The topological polar surface area (TPSA) is 80.4 Å². The Balaban J connectivity index is 1.79. The van der Waals surface area contributed by atoms with Crippen LogP contribution in [-0.2, 0) is 11.2 Å². The second kappa shape index (κ2) is 8.08. The molecule has 0 fully saturated rings. The van der Waals surface area contributed by atoms with Gasteiger partial charge in [-0.05, 0) is 30.7 Å². The number of nitrogens with one attached hydrogen (secondary N) is 2. The van der Waals surface area contributed by atoms with Gasteiger partial charge in [0.1, 0.15) is 17.3 Å². The summed E-state index contributed by atoms with van der Waals surface area (Å²) in [6, 6.07) is 8.31. The van der Waals surface area contributed by atoms with Crippen LogP contribution in [0, 0.1) is 11.6 Å². The van der Waals surface area contributed by atoms with E-state index >= 15 is 0 Å². The van der Waals surface area contributed by atoms with Crippen molar-refractivity contribution >= 4 is 22.5 Å². The molecule has 0 unspecified atom stereocenters. The van der Waals surface area contributed by atoms with Crippen LogP contribution in [0.1, 0.15) is 12.0 Å². The number of H-pyrrole nitrogens is 1. The average molecular weight is 388 g/mol. The zero-order chi connectivity index (χ0) is 20.3. The molecule has 0 bridgehead atoms. The molecule has 6 nitrogen and oxygen atoms in total. The number of amides is 1. The average Bonchev–Trinajstić information content (AvgIpc) is 2.68. The predicted molar refractivity (Wildman–Crippen MR) is 101 cm³/mol. The lowest BCUT2D eigenvalue weighted by Crippen LogP contribution is -2.18. The maximum Gasteiger partial charge on any atom is 0.251 e. The Morgan fingerprint density at radius 2 is 1.71 bits per heavy atom. The number of aromatic nitrogens is 1. The van der Waals surface area contributed by atoms with Crippen LogP contribution in [0.15, 0.2) is 41.2 Å². The number of hydrogen-bond acceptors (Lipinski definition) is 4. The number of fused-ring (bicyclic) bond motifs is 1. The third-order valence-electron chi connectivity index (χ3n) is 4.27. The molecule has 3 aromatic rings. The van der Waals surface area contributed by atoms with Gasteiger partial charge in [0.25, 0.3) is 5.56 Å². The maximum absolute atomic E-state index is 13.6. The molecule has 2 aromatic carbocycles. The number of aryl methyl sites for hydroxylation is 1. The molecule has 28 heavy (non-hydrogen) atoms. The van der Waals surface area contributed by atoms with E-state index in [1.807, 2.05) is 0 Å². The summed E-state index contributed by atoms with van der Waals surface area (Å²) in [6.45, 7) is 0. The number of carbonyl (C=O) groups excluding carboxylic acids is 1. The molecule has 1 aromatic heterocycles. The normalized spacial score (nSPS) is 10.7. The number of para-hydroxylation sites is 1. The summed E-state index contributed by atoms with van der Waals surface area (Å²) in [5.41, 5.74) is 0.0644. The molecule has 0 saturated carbocycles. The van der Waals surface area contributed by atoms with Crippen molar-refractivity contribution in [3.05, 3.63) is 63.9 Å². The molecule has 0 spiro atoms. The number of hydrogen-bond donors (Lipinski definition) is 2. The third kappa shape index (κ3) is 3.95. The molecule has 1 amide bonds. The Morgan fingerprint density at radius 1 is 1.07 bits per heavy atom. The Kier molecular flexibility index (Phi) is 5.58. The van der Waals surface area contributed by atoms with Gasteiger partial charge in [-0.1, -0.05) is 6.07 Å². The Bertz CT molecular complexity index is 1080. The van der Waals surface area contributed by atoms with Gasteiger partial charge in [0.15, 0.2) is 11.5 Å². The Labute approximate surface area is 159 Å². The summed E-state index contributed by atoms with van der Waals surface area (Å²) >= 11 is 0. The van der Waals surface area contributed by atoms with Gasteiger partial charge in [-0.15, -0.1) is 0 Å². The van der Waals surface area contributed by atoms with Crippen LogP contribution in [0.25, 0.3) is 10.9 Å². The van der Waals surface area contributed by atoms with Crippen molar-refractivity contribution in [2.45, 2.75) is 12.8 Å². The summed E-state index contributed by atoms with van der Waals surface area (Å²) < 4.78 is 37.7. The van der Waals surface area contributed by atoms with E-state index < -0.39 is 23.2 Å². The minimum atomic E-state index is -0.863. The lowest BCUT2D eigenvalue weighted by atomic mass is 10.1. The molecule has 3 rings (SSSR count). The standard InChI is InChI=1S/C20H18F2N2O4/c1-27-16-9-12-8-11(20(26)23-15(12)10-17(16)28-2)6-7-18(25)24-19-13(21)4-3-5-14(19)22/h3-5,8-10H,6-7H2,1-2H3,(H,23,26)(H,24,25). The number of benzene rings is 2. The van der Waals surface area contributed by atoms with E-state index in [0.29, 0.717) is 28.0 Å². The minimum Gasteiger partial charge on any atom is -0.493 e. The van der Waals surface area contributed by atoms with Crippen molar-refractivity contribution in [2.24, 2.45) is 0 Å². The second-order valence-corrected chi connectivity index (χ2v) is 6.06. The van der Waals surface area contributed by atoms with Gasteiger partial charge in [-0.2, -0.15) is 0 Å². The quantitative estimate of drug-likeness (QED) is 0.678. The minimum absolute atomic E-state index is 0.0987. The van der Waals surface area contributed by atoms with Crippen LogP contribution in [-0.4, -0.2) is 25.1 Å². The van der Waals surface area contributed by atoms with E-state index in [9.17, 15) is 18.4 Å². The van der Waals surface area contributed by atoms with Crippen LogP contribution in [0.4, 0.5) is 14.5 Å². The molecular formula is C20H18F2N2O4. The molecule has 0 radical (unpaired) electrons. The highest BCUT2D eigenvalue weighted by Gasteiger charge is 2.14. The van der Waals surface area contributed by atoms with E-state index in [2.05, 4.69) is 10.3 Å². The fourth-order valence-electron chi connectivity index (χ4n) is 2.83. The number of pyridine rings is 1. The van der Waals surface area contributed by atoms with Crippen LogP contribution in [0.3, 0.4) is 0 Å². The molecule has 0 aliphatic rings. The van der Waals surface area contributed by atoms with Gasteiger partial charge in [-0.3, -0.25) is 9.59 Å². The number of rotatable bonds is 6. The number of methoxy groups -OCH3 is 2. The van der Waals surface area contributed by atoms with Crippen molar-refractivity contribution in [1.29, 1.82) is 0 Å². The SMILES string of the molecule is COc1cc2cc(CCC(=O)Nc3c(F)cccc3F)c(=O)[nH]c2cc1OC. The first-order valence-corrected chi connectivity index (χ1v) is 8.44. The van der Waals surface area contributed by atoms with Crippen molar-refractivity contribution in [3.8, 4) is 11.5 Å². The largest absolute Gasteiger partial charge is 0.493 e. The first-order valence-electron chi connectivity index (χ1n) is 8.44. The molecule has 0 saturated heterocycles. The van der Waals surface area contributed by atoms with Crippen LogP contribution in [0.5, 0.6) is 11.5 Å². The smallest absolute Gasteiger partial charge is 0.251 e. The molecule has 2 N–H and O–H groups in total. The number of halogens is 2. The fourth-order valence-corrected chi connectivity index (χ4v) is 2.83. The summed E-state index contributed by atoms with van der Waals surface area (Å²) in [5.74, 6) is -1.35. The highest BCUT2D eigenvalue weighted by atomic mass is 19.1. The number of aromatic amines is 1. The van der Waals surface area contributed by atoms with Gasteiger partial charge in [0.2, 0.25) is 5.91 Å². The van der Waals surface area contributed by atoms with E-state index in [1.54, 1.807) is 18.2 Å². The zero-order valence-electron chi connectivity index (χ0n) is 15.3. The Morgan fingerprint density at radius 3 is 2.36 bits per heavy atom. The van der Waals surface area contributed by atoms with Gasteiger partial charge >= 0.3 is 0 Å². The lowest BCUT2D eigenvalue weighted by Gasteiger charge is -2.10. The van der Waals surface area contributed by atoms with Gasteiger partial charge in [-0.25, -0.2) is 8.78 Å². The number of anilines is 1. The molecular weight excluding hydrogens is 370 g/mol. The molecule has 146 valence electrons. The van der Waals surface area contributed by atoms with Crippen LogP contribution < -0.4 is 20.3 Å². The molecule has 0 atom stereocenters. The summed E-state index contributed by atoms with van der Waals surface area (Å²) in [4.78, 5) is 27.1. The Hall–Kier alpha value is -3.42. The fraction of sp³-hybridized carbons (Fsp3) is 0.200. The monoisotopic (exact) mass is 388 g/mol. The van der Waals surface area contributed by atoms with Gasteiger partial charge in [0.05, 0.1) is 19.7 Å². The van der Waals surface area contributed by atoms with E-state index in [0.717, 1.165) is 12.1 Å². The van der Waals surface area contributed by atoms with Crippen molar-refractivity contribution < 1.29 is 23.0 Å². The van der Waals surface area contributed by atoms with E-state index in [4.69, 9.17) is 9.47 Å². The summed E-state index contributed by atoms with van der Waals surface area (Å²) in [5, 5.41) is 2.90. The zero-order valence-corrected chi connectivity index (χ0v) is 15.3. The highest BCUT2D eigenvalue weighted by molar-refractivity contribution is 5.91. The summed E-state index contributed by atoms with van der Waals surface area (Å²) in [6.07, 6.45) is -0.0167. The first kappa shape index (κ1) is 19.3. The van der Waals surface area contributed by atoms with Crippen LogP contribution in [0.2, 0.25) is 0 Å². The third-order valence-corrected chi connectivity index (χ3v) is 4.27. The lowest BCUT2D eigenvalue weighted by molar-refractivity contribution is -0.116. The van der Waals surface area contributed by atoms with Crippen molar-refractivity contribution in [1.82, 2.24) is 4.98 Å². The summed E-state index contributed by atoms with van der Waals surface area (Å²) in [7, 11) is 3.00. The van der Waals surface area contributed by atoms with Gasteiger partial charge < -0.3 is 19.8 Å². The highest BCUT2D eigenvalue weighted by Crippen LogP contribution is 2.31. The molecule has 0 aliphatic carbocycles. The van der Waals surface area contributed by atoms with E-state index in [-0.39, 0.29) is 18.4 Å². The maximum atomic E-state index is 13.6. The molecule has 8 heteroatoms. The molecule has 1 heterocycles. The number of carbonyl (C=O) groups is 1. The molecule has 0 aliphatic heterocycles. The number of ether oxygens (including phenoxy) is 2. The van der Waals surface area contributed by atoms with Crippen LogP contribution >= 0.6 is 0 Å². The van der Waals surface area contributed by atoms with E-state index in [1.165, 1.54) is 20.3 Å². The first-order chi connectivity index (χ1) is 13.4. The van der Waals surface area contributed by atoms with Gasteiger partial charge in [0, 0.05) is 23.4 Å².